The van der Waals surface area contributed by atoms with Gasteiger partial charge in [-0.15, -0.1) is 11.6 Å². The zero-order chi connectivity index (χ0) is 14.3. The van der Waals surface area contributed by atoms with E-state index in [1.54, 1.807) is 0 Å². The first-order chi connectivity index (χ1) is 9.67. The van der Waals surface area contributed by atoms with E-state index in [1.807, 2.05) is 12.1 Å². The van der Waals surface area contributed by atoms with Gasteiger partial charge in [-0.05, 0) is 36.8 Å². The Morgan fingerprint density at radius 1 is 1.40 bits per heavy atom. The van der Waals surface area contributed by atoms with Crippen LogP contribution in [0, 0.1) is 23.2 Å². The minimum absolute atomic E-state index is 0.386. The summed E-state index contributed by atoms with van der Waals surface area (Å²) in [5, 5.41) is 9.24. The zero-order valence-corrected chi connectivity index (χ0v) is 12.6. The molecule has 1 aliphatic rings. The quantitative estimate of drug-likeness (QED) is 0.775. The number of nitriles is 1. The Morgan fingerprint density at radius 2 is 2.20 bits per heavy atom. The van der Waals surface area contributed by atoms with Crippen LogP contribution in [0.3, 0.4) is 0 Å². The van der Waals surface area contributed by atoms with Crippen LogP contribution in [0.2, 0.25) is 0 Å². The third-order valence-corrected chi connectivity index (χ3v) is 5.03. The predicted molar refractivity (Wildman–Crippen MR) is 80.6 cm³/mol. The number of nitrogens with zero attached hydrogens (tertiary/aromatic N) is 3. The van der Waals surface area contributed by atoms with Crippen molar-refractivity contribution in [3.05, 3.63) is 29.6 Å². The third kappa shape index (κ3) is 1.91. The number of benzene rings is 1. The highest BCUT2D eigenvalue weighted by atomic mass is 35.5. The number of aromatic nitrogens is 2. The lowest BCUT2D eigenvalue weighted by Gasteiger charge is -2.22. The summed E-state index contributed by atoms with van der Waals surface area (Å²) in [7, 11) is 0. The van der Waals surface area contributed by atoms with Gasteiger partial charge in [0.1, 0.15) is 17.4 Å². The van der Waals surface area contributed by atoms with E-state index >= 15 is 0 Å². The second kappa shape index (κ2) is 5.10. The van der Waals surface area contributed by atoms with Crippen molar-refractivity contribution in [3.8, 4) is 6.07 Å². The molecule has 1 fully saturated rings. The van der Waals surface area contributed by atoms with Crippen molar-refractivity contribution in [2.24, 2.45) is 11.8 Å². The molecule has 104 valence electrons. The average molecular weight is 288 g/mol. The molecule has 1 heterocycles. The highest BCUT2D eigenvalue weighted by molar-refractivity contribution is 6.16. The normalized spacial score (nSPS) is 26.0. The third-order valence-electron chi connectivity index (χ3n) is 4.79. The molecule has 0 amide bonds. The maximum Gasteiger partial charge on any atom is 0.125 e. The standard InChI is InChI=1S/C16H18ClN3/c1-10-6-7-13(11(10)2)20-14-5-3-4-12(9-18)16(14)19-15(20)8-17/h3-5,10-11,13H,6-8H2,1-2H3. The summed E-state index contributed by atoms with van der Waals surface area (Å²) in [4.78, 5) is 4.61. The molecule has 0 bridgehead atoms. The van der Waals surface area contributed by atoms with Crippen LogP contribution < -0.4 is 0 Å². The van der Waals surface area contributed by atoms with Crippen LogP contribution in [0.5, 0.6) is 0 Å². The molecule has 3 rings (SSSR count). The Kier molecular flexibility index (Phi) is 3.43. The fraction of sp³-hybridized carbons (Fsp3) is 0.500. The molecule has 20 heavy (non-hydrogen) atoms. The molecule has 2 aromatic rings. The van der Waals surface area contributed by atoms with E-state index in [-0.39, 0.29) is 0 Å². The van der Waals surface area contributed by atoms with Crippen molar-refractivity contribution in [1.82, 2.24) is 9.55 Å². The van der Waals surface area contributed by atoms with Gasteiger partial charge in [0.25, 0.3) is 0 Å². The highest BCUT2D eigenvalue weighted by Gasteiger charge is 2.33. The summed E-state index contributed by atoms with van der Waals surface area (Å²) in [6, 6.07) is 8.47. The van der Waals surface area contributed by atoms with E-state index in [1.165, 1.54) is 6.42 Å². The molecular weight excluding hydrogens is 270 g/mol. The Morgan fingerprint density at radius 3 is 2.80 bits per heavy atom. The van der Waals surface area contributed by atoms with Crippen molar-refractivity contribution in [1.29, 1.82) is 5.26 Å². The van der Waals surface area contributed by atoms with Crippen molar-refractivity contribution < 1.29 is 0 Å². The molecule has 1 aliphatic carbocycles. The highest BCUT2D eigenvalue weighted by Crippen LogP contribution is 2.42. The van der Waals surface area contributed by atoms with E-state index in [2.05, 4.69) is 35.5 Å². The van der Waals surface area contributed by atoms with E-state index in [4.69, 9.17) is 11.6 Å². The number of hydrogen-bond donors (Lipinski definition) is 0. The molecule has 0 saturated heterocycles. The van der Waals surface area contributed by atoms with Crippen molar-refractivity contribution in [3.63, 3.8) is 0 Å². The Labute approximate surface area is 124 Å². The first-order valence-electron chi connectivity index (χ1n) is 7.13. The van der Waals surface area contributed by atoms with E-state index in [0.29, 0.717) is 23.4 Å². The molecule has 3 nitrogen and oxygen atoms in total. The molecule has 3 unspecified atom stereocenters. The topological polar surface area (TPSA) is 41.6 Å². The molecule has 0 spiro atoms. The fourth-order valence-corrected chi connectivity index (χ4v) is 3.61. The fourth-order valence-electron chi connectivity index (χ4n) is 3.42. The zero-order valence-electron chi connectivity index (χ0n) is 11.8. The summed E-state index contributed by atoms with van der Waals surface area (Å²) >= 11 is 6.10. The molecule has 4 heteroatoms. The van der Waals surface area contributed by atoms with Gasteiger partial charge in [0.05, 0.1) is 17.0 Å². The molecule has 1 aromatic carbocycles. The number of fused-ring (bicyclic) bond motifs is 1. The summed E-state index contributed by atoms with van der Waals surface area (Å²) in [5.41, 5.74) is 2.47. The second-order valence-electron chi connectivity index (χ2n) is 5.80. The Balaban J connectivity index is 2.22. The molecule has 0 N–H and O–H groups in total. The van der Waals surface area contributed by atoms with Crippen LogP contribution in [0.4, 0.5) is 0 Å². The van der Waals surface area contributed by atoms with E-state index in [9.17, 15) is 5.26 Å². The van der Waals surface area contributed by atoms with Gasteiger partial charge in [-0.3, -0.25) is 0 Å². The van der Waals surface area contributed by atoms with Crippen LogP contribution in [-0.2, 0) is 5.88 Å². The van der Waals surface area contributed by atoms with E-state index < -0.39 is 0 Å². The van der Waals surface area contributed by atoms with Crippen LogP contribution in [0.1, 0.15) is 44.1 Å². The second-order valence-corrected chi connectivity index (χ2v) is 6.07. The predicted octanol–water partition coefficient (Wildman–Crippen LogP) is 4.25. The molecule has 1 saturated carbocycles. The van der Waals surface area contributed by atoms with Crippen LogP contribution in [0.25, 0.3) is 11.0 Å². The van der Waals surface area contributed by atoms with E-state index in [0.717, 1.165) is 29.2 Å². The first kappa shape index (κ1) is 13.5. The van der Waals surface area contributed by atoms with Gasteiger partial charge in [-0.2, -0.15) is 5.26 Å². The van der Waals surface area contributed by atoms with Gasteiger partial charge in [0, 0.05) is 6.04 Å². The maximum absolute atomic E-state index is 9.24. The van der Waals surface area contributed by atoms with Crippen molar-refractivity contribution >= 4 is 22.6 Å². The monoisotopic (exact) mass is 287 g/mol. The molecule has 3 atom stereocenters. The van der Waals surface area contributed by atoms with Crippen LogP contribution >= 0.6 is 11.6 Å². The number of hydrogen-bond acceptors (Lipinski definition) is 2. The smallest absolute Gasteiger partial charge is 0.125 e. The molecule has 0 aliphatic heterocycles. The van der Waals surface area contributed by atoms with Crippen LogP contribution in [0.15, 0.2) is 18.2 Å². The largest absolute Gasteiger partial charge is 0.324 e. The molecule has 1 aromatic heterocycles. The number of rotatable bonds is 2. The van der Waals surface area contributed by atoms with Crippen LogP contribution in [-0.4, -0.2) is 9.55 Å². The van der Waals surface area contributed by atoms with Gasteiger partial charge >= 0.3 is 0 Å². The summed E-state index contributed by atoms with van der Waals surface area (Å²) < 4.78 is 2.28. The van der Waals surface area contributed by atoms with Gasteiger partial charge < -0.3 is 4.57 Å². The summed E-state index contributed by atoms with van der Waals surface area (Å²) in [5.74, 6) is 2.60. The SMILES string of the molecule is CC1CCC(n2c(CCl)nc3c(C#N)cccc32)C1C. The average Bonchev–Trinajstić information content (AvgIpc) is 2.99. The number of imidazole rings is 1. The first-order valence-corrected chi connectivity index (χ1v) is 7.66. The van der Waals surface area contributed by atoms with Gasteiger partial charge in [-0.1, -0.05) is 19.9 Å². The van der Waals surface area contributed by atoms with Crippen molar-refractivity contribution in [2.75, 3.05) is 0 Å². The van der Waals surface area contributed by atoms with Gasteiger partial charge in [-0.25, -0.2) is 4.98 Å². The Bertz CT molecular complexity index is 683. The Hall–Kier alpha value is -1.53. The maximum atomic E-state index is 9.24. The number of para-hydroxylation sites is 1. The molecular formula is C16H18ClN3. The van der Waals surface area contributed by atoms with Gasteiger partial charge in [0.2, 0.25) is 0 Å². The summed E-state index contributed by atoms with van der Waals surface area (Å²) in [6.07, 6.45) is 2.40. The lowest BCUT2D eigenvalue weighted by molar-refractivity contribution is 0.354. The lowest BCUT2D eigenvalue weighted by atomic mass is 9.97. The minimum Gasteiger partial charge on any atom is -0.324 e. The number of halogens is 1. The summed E-state index contributed by atoms with van der Waals surface area (Å²) in [6.45, 7) is 4.62. The number of alkyl halides is 1. The molecule has 0 radical (unpaired) electrons. The van der Waals surface area contributed by atoms with Gasteiger partial charge in [0.15, 0.2) is 0 Å². The van der Waals surface area contributed by atoms with Crippen molar-refractivity contribution in [2.45, 2.75) is 38.6 Å². The lowest BCUT2D eigenvalue weighted by Crippen LogP contribution is -2.16. The minimum atomic E-state index is 0.386.